The molecule has 0 saturated carbocycles. The van der Waals surface area contributed by atoms with Gasteiger partial charge in [0.1, 0.15) is 12.6 Å². The highest BCUT2D eigenvalue weighted by molar-refractivity contribution is 8.11. The maximum atomic E-state index is 12.3. The molecule has 134 valence electrons. The molecule has 0 aromatic heterocycles. The van der Waals surface area contributed by atoms with E-state index in [1.165, 1.54) is 11.1 Å². The zero-order valence-electron chi connectivity index (χ0n) is 14.1. The topological polar surface area (TPSA) is 66.8 Å². The number of carbonyl (C=O) groups excluding carboxylic acids is 1. The Morgan fingerprint density at radius 1 is 1.08 bits per heavy atom. The third-order valence-electron chi connectivity index (χ3n) is 5.01. The smallest absolute Gasteiger partial charge is 0.382 e. The largest absolute Gasteiger partial charge is 0.480 e. The maximum absolute atomic E-state index is 12.3. The van der Waals surface area contributed by atoms with Gasteiger partial charge in [0.15, 0.2) is 0 Å². The van der Waals surface area contributed by atoms with Gasteiger partial charge >= 0.3 is 11.3 Å². The van der Waals surface area contributed by atoms with Crippen LogP contribution in [-0.2, 0) is 9.53 Å². The number of carboxylic acid groups (broad SMARTS) is 1. The molecule has 26 heavy (non-hydrogen) atoms. The van der Waals surface area contributed by atoms with E-state index in [1.807, 2.05) is 24.3 Å². The van der Waals surface area contributed by atoms with Gasteiger partial charge in [-0.05, 0) is 35.1 Å². The average Bonchev–Trinajstić information content (AvgIpc) is 3.23. The summed E-state index contributed by atoms with van der Waals surface area (Å²) in [7, 11) is 0. The molecule has 1 fully saturated rings. The summed E-state index contributed by atoms with van der Waals surface area (Å²) < 4.78 is 7.13. The first-order valence-corrected chi connectivity index (χ1v) is 9.45. The SMILES string of the molecule is O=C(OCC1c2ccccc2-c2ccccc21)SN1CCC[C@H]1C(=O)O. The molecule has 0 radical (unpaired) electrons. The second-order valence-electron chi connectivity index (χ2n) is 6.52. The molecule has 0 amide bonds. The number of fused-ring (bicyclic) bond motifs is 3. The summed E-state index contributed by atoms with van der Waals surface area (Å²) >= 11 is 0.881. The van der Waals surface area contributed by atoms with Crippen molar-refractivity contribution in [2.24, 2.45) is 0 Å². The minimum absolute atomic E-state index is 0.0146. The number of carbonyl (C=O) groups is 2. The van der Waals surface area contributed by atoms with E-state index < -0.39 is 17.3 Å². The molecule has 0 spiro atoms. The second-order valence-corrected chi connectivity index (χ2v) is 7.50. The number of ether oxygens (including phenoxy) is 1. The van der Waals surface area contributed by atoms with Crippen LogP contribution >= 0.6 is 11.9 Å². The fraction of sp³-hybridized carbons (Fsp3) is 0.300. The Bertz CT molecular complexity index is 808. The van der Waals surface area contributed by atoms with E-state index in [9.17, 15) is 14.7 Å². The van der Waals surface area contributed by atoms with Crippen molar-refractivity contribution >= 4 is 23.2 Å². The highest BCUT2D eigenvalue weighted by Gasteiger charge is 2.34. The Hall–Kier alpha value is -2.31. The van der Waals surface area contributed by atoms with Crippen LogP contribution in [0.3, 0.4) is 0 Å². The normalized spacial score (nSPS) is 19.2. The molecule has 2 aromatic rings. The number of hydrogen-bond acceptors (Lipinski definition) is 5. The predicted molar refractivity (Wildman–Crippen MR) is 100 cm³/mol. The van der Waals surface area contributed by atoms with Gasteiger partial charge in [0.05, 0.1) is 0 Å². The molecule has 0 unspecified atom stereocenters. The van der Waals surface area contributed by atoms with Crippen LogP contribution in [-0.4, -0.2) is 39.9 Å². The number of carboxylic acids is 1. The third kappa shape index (κ3) is 3.10. The molecule has 6 heteroatoms. The van der Waals surface area contributed by atoms with Crippen molar-refractivity contribution in [2.45, 2.75) is 24.8 Å². The van der Waals surface area contributed by atoms with Gasteiger partial charge in [-0.2, -0.15) is 0 Å². The Labute approximate surface area is 156 Å². The number of nitrogens with zero attached hydrogens (tertiary/aromatic N) is 1. The third-order valence-corrected chi connectivity index (χ3v) is 5.95. The summed E-state index contributed by atoms with van der Waals surface area (Å²) in [5.74, 6) is -0.873. The zero-order valence-corrected chi connectivity index (χ0v) is 14.9. The standard InChI is InChI=1S/C20H19NO4S/c22-19(23)18-10-5-11-21(18)26-20(24)25-12-17-15-8-3-1-6-13(15)14-7-2-4-9-16(14)17/h1-4,6-9,17-18H,5,10-12H2,(H,22,23)/t18-/m0/s1. The summed E-state index contributed by atoms with van der Waals surface area (Å²) in [6, 6.07) is 15.7. The van der Waals surface area contributed by atoms with E-state index >= 15 is 0 Å². The first-order valence-electron chi connectivity index (χ1n) is 8.67. The second kappa shape index (κ2) is 7.13. The Kier molecular flexibility index (Phi) is 4.70. The van der Waals surface area contributed by atoms with Gasteiger partial charge in [0, 0.05) is 24.4 Å². The number of benzene rings is 2. The molecule has 1 atom stereocenters. The maximum Gasteiger partial charge on any atom is 0.382 e. The van der Waals surface area contributed by atoms with Crippen LogP contribution < -0.4 is 0 Å². The molecule has 2 aromatic carbocycles. The average molecular weight is 369 g/mol. The summed E-state index contributed by atoms with van der Waals surface area (Å²) in [4.78, 5) is 23.5. The molecule has 4 rings (SSSR count). The van der Waals surface area contributed by atoms with Gasteiger partial charge in [-0.3, -0.25) is 4.79 Å². The minimum atomic E-state index is -0.888. The molecule has 1 aliphatic heterocycles. The molecule has 1 saturated heterocycles. The molecule has 0 bridgehead atoms. The van der Waals surface area contributed by atoms with Crippen molar-refractivity contribution in [3.8, 4) is 11.1 Å². The van der Waals surface area contributed by atoms with Crippen molar-refractivity contribution in [3.05, 3.63) is 59.7 Å². The lowest BCUT2D eigenvalue weighted by Crippen LogP contribution is -2.32. The molecule has 1 heterocycles. The van der Waals surface area contributed by atoms with E-state index in [2.05, 4.69) is 24.3 Å². The van der Waals surface area contributed by atoms with Crippen LogP contribution in [0.15, 0.2) is 48.5 Å². The zero-order chi connectivity index (χ0) is 18.1. The van der Waals surface area contributed by atoms with Crippen LogP contribution in [0, 0.1) is 0 Å². The van der Waals surface area contributed by atoms with Gasteiger partial charge in [0.2, 0.25) is 0 Å². The lowest BCUT2D eigenvalue weighted by Gasteiger charge is -2.19. The van der Waals surface area contributed by atoms with Gasteiger partial charge in [-0.25, -0.2) is 9.10 Å². The number of aliphatic carboxylic acids is 1. The lowest BCUT2D eigenvalue weighted by molar-refractivity contribution is -0.140. The highest BCUT2D eigenvalue weighted by Crippen LogP contribution is 2.44. The van der Waals surface area contributed by atoms with Crippen LogP contribution in [0.25, 0.3) is 11.1 Å². The molecular formula is C20H19NO4S. The first-order chi connectivity index (χ1) is 12.6. The van der Waals surface area contributed by atoms with Crippen molar-refractivity contribution in [1.82, 2.24) is 4.31 Å². The monoisotopic (exact) mass is 369 g/mol. The molecule has 2 aliphatic rings. The predicted octanol–water partition coefficient (Wildman–Crippen LogP) is 4.13. The van der Waals surface area contributed by atoms with Crippen LogP contribution in [0.4, 0.5) is 4.79 Å². The molecule has 5 nitrogen and oxygen atoms in total. The number of rotatable bonds is 4. The van der Waals surface area contributed by atoms with E-state index in [0.717, 1.165) is 29.5 Å². The van der Waals surface area contributed by atoms with Gasteiger partial charge in [0.25, 0.3) is 0 Å². The molecule has 1 N–H and O–H groups in total. The van der Waals surface area contributed by atoms with E-state index in [4.69, 9.17) is 4.74 Å². The van der Waals surface area contributed by atoms with Crippen molar-refractivity contribution in [2.75, 3.05) is 13.2 Å². The lowest BCUT2D eigenvalue weighted by atomic mass is 9.98. The molecular weight excluding hydrogens is 350 g/mol. The summed E-state index contributed by atoms with van der Waals surface area (Å²) in [5.41, 5.74) is 4.69. The molecule has 1 aliphatic carbocycles. The fourth-order valence-electron chi connectivity index (χ4n) is 3.81. The van der Waals surface area contributed by atoms with Crippen LogP contribution in [0.1, 0.15) is 29.9 Å². The van der Waals surface area contributed by atoms with Gasteiger partial charge in [-0.1, -0.05) is 48.5 Å². The van der Waals surface area contributed by atoms with Crippen LogP contribution in [0.5, 0.6) is 0 Å². The Morgan fingerprint density at radius 2 is 1.69 bits per heavy atom. The summed E-state index contributed by atoms with van der Waals surface area (Å²) in [6.07, 6.45) is 1.35. The Morgan fingerprint density at radius 3 is 2.31 bits per heavy atom. The van der Waals surface area contributed by atoms with E-state index in [-0.39, 0.29) is 12.5 Å². The van der Waals surface area contributed by atoms with Crippen molar-refractivity contribution in [3.63, 3.8) is 0 Å². The van der Waals surface area contributed by atoms with Gasteiger partial charge in [-0.15, -0.1) is 0 Å². The van der Waals surface area contributed by atoms with Gasteiger partial charge < -0.3 is 9.84 Å². The van der Waals surface area contributed by atoms with E-state index in [1.54, 1.807) is 4.31 Å². The van der Waals surface area contributed by atoms with Crippen molar-refractivity contribution < 1.29 is 19.4 Å². The number of hydrogen-bond donors (Lipinski definition) is 1. The van der Waals surface area contributed by atoms with Crippen molar-refractivity contribution in [1.29, 1.82) is 0 Å². The van der Waals surface area contributed by atoms with E-state index in [0.29, 0.717) is 13.0 Å². The Balaban J connectivity index is 1.45. The summed E-state index contributed by atoms with van der Waals surface area (Å²) in [6.45, 7) is 0.845. The highest BCUT2D eigenvalue weighted by atomic mass is 32.2. The quantitative estimate of drug-likeness (QED) is 0.646. The summed E-state index contributed by atoms with van der Waals surface area (Å²) in [5, 5.41) is 8.77. The fourth-order valence-corrected chi connectivity index (χ4v) is 4.66. The first kappa shape index (κ1) is 17.1. The van der Waals surface area contributed by atoms with Crippen LogP contribution in [0.2, 0.25) is 0 Å². The minimum Gasteiger partial charge on any atom is -0.480 e.